The van der Waals surface area contributed by atoms with E-state index >= 15 is 0 Å². The number of hydrogen-bond acceptors (Lipinski definition) is 7. The number of fused-ring (bicyclic) bond motifs is 1. The van der Waals surface area contributed by atoms with Gasteiger partial charge in [0.2, 0.25) is 5.91 Å². The number of carbonyl (C=O) groups excluding carboxylic acids is 1. The minimum absolute atomic E-state index is 0.0163. The van der Waals surface area contributed by atoms with Gasteiger partial charge in [-0.2, -0.15) is 0 Å². The summed E-state index contributed by atoms with van der Waals surface area (Å²) in [6.45, 7) is 0. The Kier molecular flexibility index (Phi) is 5.32. The number of ether oxygens (including phenoxy) is 2. The molecule has 0 aliphatic rings. The maximum absolute atomic E-state index is 12.1. The summed E-state index contributed by atoms with van der Waals surface area (Å²) in [6.07, 6.45) is 3.01. The zero-order valence-corrected chi connectivity index (χ0v) is 15.3. The van der Waals surface area contributed by atoms with Crippen LogP contribution < -0.4 is 14.8 Å². The number of carbonyl (C=O) groups is 1. The minimum atomic E-state index is -0.469. The van der Waals surface area contributed by atoms with Crippen molar-refractivity contribution in [2.45, 2.75) is 0 Å². The van der Waals surface area contributed by atoms with E-state index in [1.165, 1.54) is 36.7 Å². The Bertz CT molecular complexity index is 1040. The number of rotatable bonds is 6. The van der Waals surface area contributed by atoms with Crippen molar-refractivity contribution in [3.05, 3.63) is 58.2 Å². The van der Waals surface area contributed by atoms with Crippen molar-refractivity contribution < 1.29 is 19.2 Å². The number of aromatic nitrogens is 1. The van der Waals surface area contributed by atoms with Crippen LogP contribution in [-0.4, -0.2) is 30.0 Å². The molecule has 3 aromatic rings. The first-order chi connectivity index (χ1) is 13.0. The van der Waals surface area contributed by atoms with Crippen LogP contribution in [0.3, 0.4) is 0 Å². The van der Waals surface area contributed by atoms with Crippen LogP contribution in [0.4, 0.5) is 10.8 Å². The predicted octanol–water partition coefficient (Wildman–Crippen LogP) is 3.87. The largest absolute Gasteiger partial charge is 0.493 e. The minimum Gasteiger partial charge on any atom is -0.493 e. The van der Waals surface area contributed by atoms with E-state index in [4.69, 9.17) is 9.47 Å². The number of methoxy groups -OCH3 is 2. The van der Waals surface area contributed by atoms with Crippen molar-refractivity contribution in [2.24, 2.45) is 0 Å². The summed E-state index contributed by atoms with van der Waals surface area (Å²) in [5, 5.41) is 13.9. The molecule has 0 unspecified atom stereocenters. The quantitative estimate of drug-likeness (QED) is 0.392. The van der Waals surface area contributed by atoms with Crippen molar-refractivity contribution in [3.63, 3.8) is 0 Å². The lowest BCUT2D eigenvalue weighted by molar-refractivity contribution is -0.384. The van der Waals surface area contributed by atoms with E-state index in [1.54, 1.807) is 37.5 Å². The van der Waals surface area contributed by atoms with E-state index in [2.05, 4.69) is 10.3 Å². The summed E-state index contributed by atoms with van der Waals surface area (Å²) in [7, 11) is 3.09. The number of nitro benzene ring substituents is 1. The number of benzene rings is 2. The standard InChI is InChI=1S/C18H15N3O5S/c1-25-14-7-3-11(9-15(14)26-2)4-8-17(22)20-18-19-13-6-5-12(21(23)24)10-16(13)27-18/h3-10H,1-2H3,(H,19,20,22)/b8-4+. The van der Waals surface area contributed by atoms with E-state index in [-0.39, 0.29) is 11.6 Å². The molecule has 1 N–H and O–H groups in total. The van der Waals surface area contributed by atoms with Crippen molar-refractivity contribution in [1.29, 1.82) is 0 Å². The Morgan fingerprint density at radius 1 is 1.19 bits per heavy atom. The molecule has 0 aliphatic heterocycles. The molecule has 27 heavy (non-hydrogen) atoms. The Labute approximate surface area is 158 Å². The van der Waals surface area contributed by atoms with E-state index in [1.807, 2.05) is 0 Å². The molecule has 0 radical (unpaired) electrons. The number of amides is 1. The second kappa shape index (κ2) is 7.83. The van der Waals surface area contributed by atoms with Gasteiger partial charge in [-0.3, -0.25) is 20.2 Å². The fraction of sp³-hybridized carbons (Fsp3) is 0.111. The molecule has 3 rings (SSSR count). The topological polar surface area (TPSA) is 104 Å². The van der Waals surface area contributed by atoms with Gasteiger partial charge in [0, 0.05) is 18.2 Å². The highest BCUT2D eigenvalue weighted by atomic mass is 32.1. The second-order valence-corrected chi connectivity index (χ2v) is 6.40. The van der Waals surface area contributed by atoms with Gasteiger partial charge in [0.15, 0.2) is 16.6 Å². The molecule has 1 aromatic heterocycles. The third kappa shape index (κ3) is 4.21. The molecule has 0 fully saturated rings. The Balaban J connectivity index is 1.73. The van der Waals surface area contributed by atoms with Gasteiger partial charge in [-0.05, 0) is 29.8 Å². The van der Waals surface area contributed by atoms with Crippen molar-refractivity contribution in [1.82, 2.24) is 4.98 Å². The van der Waals surface area contributed by atoms with Crippen molar-refractivity contribution in [3.8, 4) is 11.5 Å². The van der Waals surface area contributed by atoms with Gasteiger partial charge in [0.25, 0.3) is 5.69 Å². The van der Waals surface area contributed by atoms with Crippen LogP contribution in [0.5, 0.6) is 11.5 Å². The maximum Gasteiger partial charge on any atom is 0.270 e. The number of thiazole rings is 1. The summed E-state index contributed by atoms with van der Waals surface area (Å²) >= 11 is 1.17. The smallest absolute Gasteiger partial charge is 0.270 e. The van der Waals surface area contributed by atoms with E-state index in [0.717, 1.165) is 5.56 Å². The normalized spacial score (nSPS) is 10.9. The fourth-order valence-electron chi connectivity index (χ4n) is 2.36. The van der Waals surface area contributed by atoms with E-state index < -0.39 is 4.92 Å². The molecular formula is C18H15N3O5S. The van der Waals surface area contributed by atoms with Gasteiger partial charge < -0.3 is 9.47 Å². The highest BCUT2D eigenvalue weighted by molar-refractivity contribution is 7.22. The molecule has 0 atom stereocenters. The van der Waals surface area contributed by atoms with Gasteiger partial charge >= 0.3 is 0 Å². The first-order valence-electron chi connectivity index (χ1n) is 7.76. The zero-order chi connectivity index (χ0) is 19.4. The number of non-ortho nitro benzene ring substituents is 1. The fourth-order valence-corrected chi connectivity index (χ4v) is 3.26. The molecule has 9 heteroatoms. The molecule has 0 bridgehead atoms. The Morgan fingerprint density at radius 2 is 1.96 bits per heavy atom. The summed E-state index contributed by atoms with van der Waals surface area (Å²) in [5.41, 5.74) is 1.34. The molecular weight excluding hydrogens is 370 g/mol. The van der Waals surface area contributed by atoms with Crippen LogP contribution >= 0.6 is 11.3 Å². The van der Waals surface area contributed by atoms with Crippen LogP contribution in [0, 0.1) is 10.1 Å². The van der Waals surface area contributed by atoms with Crippen LogP contribution in [-0.2, 0) is 4.79 Å². The van der Waals surface area contributed by atoms with Crippen LogP contribution in [0.2, 0.25) is 0 Å². The number of anilines is 1. The summed E-state index contributed by atoms with van der Waals surface area (Å²) in [4.78, 5) is 26.7. The van der Waals surface area contributed by atoms with Gasteiger partial charge in [-0.25, -0.2) is 4.98 Å². The predicted molar refractivity (Wildman–Crippen MR) is 103 cm³/mol. The molecule has 0 aliphatic carbocycles. The van der Waals surface area contributed by atoms with Crippen molar-refractivity contribution in [2.75, 3.05) is 19.5 Å². The Hall–Kier alpha value is -3.46. The summed E-state index contributed by atoms with van der Waals surface area (Å²) in [5.74, 6) is 0.800. The lowest BCUT2D eigenvalue weighted by Crippen LogP contribution is -2.07. The molecule has 0 spiro atoms. The van der Waals surface area contributed by atoms with Crippen LogP contribution in [0.25, 0.3) is 16.3 Å². The number of nitrogens with one attached hydrogen (secondary N) is 1. The average molecular weight is 385 g/mol. The van der Waals surface area contributed by atoms with Gasteiger partial charge in [0.1, 0.15) is 0 Å². The Morgan fingerprint density at radius 3 is 2.67 bits per heavy atom. The maximum atomic E-state index is 12.1. The van der Waals surface area contributed by atoms with Gasteiger partial charge in [-0.1, -0.05) is 17.4 Å². The summed E-state index contributed by atoms with van der Waals surface area (Å²) < 4.78 is 11.0. The van der Waals surface area contributed by atoms with Crippen LogP contribution in [0.15, 0.2) is 42.5 Å². The monoisotopic (exact) mass is 385 g/mol. The molecule has 0 saturated carbocycles. The molecule has 8 nitrogen and oxygen atoms in total. The lowest BCUT2D eigenvalue weighted by Gasteiger charge is -2.07. The van der Waals surface area contributed by atoms with Crippen molar-refractivity contribution >= 4 is 44.4 Å². The first kappa shape index (κ1) is 18.3. The van der Waals surface area contributed by atoms with Gasteiger partial charge in [-0.15, -0.1) is 0 Å². The molecule has 1 amide bonds. The molecule has 1 heterocycles. The summed E-state index contributed by atoms with van der Waals surface area (Å²) in [6, 6.07) is 9.66. The van der Waals surface area contributed by atoms with E-state index in [9.17, 15) is 14.9 Å². The number of nitrogens with zero attached hydrogens (tertiary/aromatic N) is 2. The zero-order valence-electron chi connectivity index (χ0n) is 14.5. The number of nitro groups is 1. The highest BCUT2D eigenvalue weighted by Crippen LogP contribution is 2.30. The highest BCUT2D eigenvalue weighted by Gasteiger charge is 2.11. The third-order valence-electron chi connectivity index (χ3n) is 3.65. The second-order valence-electron chi connectivity index (χ2n) is 5.37. The molecule has 138 valence electrons. The van der Waals surface area contributed by atoms with Crippen LogP contribution in [0.1, 0.15) is 5.56 Å². The lowest BCUT2D eigenvalue weighted by atomic mass is 10.2. The molecule has 0 saturated heterocycles. The number of hydrogen-bond donors (Lipinski definition) is 1. The van der Waals surface area contributed by atoms with Gasteiger partial charge in [0.05, 0.1) is 29.4 Å². The van der Waals surface area contributed by atoms with E-state index in [0.29, 0.717) is 26.8 Å². The average Bonchev–Trinajstić information content (AvgIpc) is 3.07. The molecule has 2 aromatic carbocycles. The third-order valence-corrected chi connectivity index (χ3v) is 4.58. The SMILES string of the molecule is COc1ccc(/C=C/C(=O)Nc2nc3ccc([N+](=O)[O-])cc3s2)cc1OC. The first-order valence-corrected chi connectivity index (χ1v) is 8.58.